The van der Waals surface area contributed by atoms with Crippen LogP contribution < -0.4 is 10.6 Å². The number of hydrogen-bond donors (Lipinski definition) is 2. The van der Waals surface area contributed by atoms with Crippen LogP contribution in [0.2, 0.25) is 0 Å². The molecule has 0 radical (unpaired) electrons. The predicted molar refractivity (Wildman–Crippen MR) is 75.5 cm³/mol. The minimum atomic E-state index is -0.349. The molecular formula is C13H20N4O2. The van der Waals surface area contributed by atoms with Crippen LogP contribution in [0.4, 0.5) is 11.4 Å². The van der Waals surface area contributed by atoms with E-state index in [0.29, 0.717) is 5.69 Å². The van der Waals surface area contributed by atoms with Gasteiger partial charge in [0.25, 0.3) is 5.69 Å². The van der Waals surface area contributed by atoms with Gasteiger partial charge in [0.1, 0.15) is 5.69 Å². The Labute approximate surface area is 112 Å². The molecule has 1 saturated heterocycles. The molecule has 2 N–H and O–H groups in total. The van der Waals surface area contributed by atoms with Gasteiger partial charge in [-0.3, -0.25) is 10.1 Å². The predicted octanol–water partition coefficient (Wildman–Crippen LogP) is 1.30. The number of piperazine rings is 1. The van der Waals surface area contributed by atoms with Gasteiger partial charge in [-0.2, -0.15) is 0 Å². The molecule has 19 heavy (non-hydrogen) atoms. The maximum atomic E-state index is 10.9. The zero-order valence-electron chi connectivity index (χ0n) is 11.0. The average molecular weight is 264 g/mol. The molecule has 1 aliphatic heterocycles. The van der Waals surface area contributed by atoms with Crippen molar-refractivity contribution >= 4 is 11.4 Å². The van der Waals surface area contributed by atoms with Crippen LogP contribution in [0.1, 0.15) is 6.42 Å². The molecule has 0 spiro atoms. The van der Waals surface area contributed by atoms with Gasteiger partial charge in [-0.15, -0.1) is 0 Å². The molecule has 1 aliphatic rings. The van der Waals surface area contributed by atoms with Crippen LogP contribution >= 0.6 is 0 Å². The lowest BCUT2D eigenvalue weighted by Gasteiger charge is -2.27. The van der Waals surface area contributed by atoms with Gasteiger partial charge in [-0.25, -0.2) is 0 Å². The van der Waals surface area contributed by atoms with Gasteiger partial charge in [0.2, 0.25) is 0 Å². The van der Waals surface area contributed by atoms with Crippen LogP contribution in [0.5, 0.6) is 0 Å². The second-order valence-electron chi connectivity index (χ2n) is 4.65. The van der Waals surface area contributed by atoms with Gasteiger partial charge < -0.3 is 15.5 Å². The lowest BCUT2D eigenvalue weighted by atomic mass is 10.2. The zero-order chi connectivity index (χ0) is 13.5. The summed E-state index contributed by atoms with van der Waals surface area (Å²) in [4.78, 5) is 12.9. The molecule has 0 bridgehead atoms. The smallest absolute Gasteiger partial charge is 0.292 e. The van der Waals surface area contributed by atoms with Crippen molar-refractivity contribution in [3.63, 3.8) is 0 Å². The normalized spacial score (nSPS) is 16.2. The highest BCUT2D eigenvalue weighted by atomic mass is 16.6. The van der Waals surface area contributed by atoms with E-state index in [-0.39, 0.29) is 10.6 Å². The average Bonchev–Trinajstić information content (AvgIpc) is 2.45. The molecule has 6 nitrogen and oxygen atoms in total. The molecule has 0 aliphatic carbocycles. The van der Waals surface area contributed by atoms with Crippen LogP contribution in [0.15, 0.2) is 24.3 Å². The van der Waals surface area contributed by atoms with Gasteiger partial charge in [0.05, 0.1) is 4.92 Å². The van der Waals surface area contributed by atoms with E-state index in [1.807, 2.05) is 6.07 Å². The molecule has 1 aromatic carbocycles. The summed E-state index contributed by atoms with van der Waals surface area (Å²) in [5.74, 6) is 0. The SMILES string of the molecule is O=[N+]([O-])c1ccccc1NCCCN1CCNCC1. The Morgan fingerprint density at radius 1 is 1.32 bits per heavy atom. The standard InChI is InChI=1S/C13H20N4O2/c18-17(19)13-5-2-1-4-12(13)15-6-3-9-16-10-7-14-8-11-16/h1-2,4-5,14-15H,3,6-11H2. The molecule has 2 rings (SSSR count). The molecule has 1 aromatic rings. The fourth-order valence-corrected chi connectivity index (χ4v) is 2.24. The highest BCUT2D eigenvalue weighted by molar-refractivity contribution is 5.60. The summed E-state index contributed by atoms with van der Waals surface area (Å²) in [5.41, 5.74) is 0.748. The fraction of sp³-hybridized carbons (Fsp3) is 0.538. The Morgan fingerprint density at radius 3 is 2.79 bits per heavy atom. The zero-order valence-corrected chi connectivity index (χ0v) is 11.0. The second-order valence-corrected chi connectivity index (χ2v) is 4.65. The van der Waals surface area contributed by atoms with Crippen molar-refractivity contribution in [2.45, 2.75) is 6.42 Å². The monoisotopic (exact) mass is 264 g/mol. The van der Waals surface area contributed by atoms with Gasteiger partial charge in [0, 0.05) is 38.8 Å². The highest BCUT2D eigenvalue weighted by Crippen LogP contribution is 2.22. The number of para-hydroxylation sites is 2. The van der Waals surface area contributed by atoms with E-state index >= 15 is 0 Å². The van der Waals surface area contributed by atoms with Crippen LogP contribution in [-0.4, -0.2) is 49.1 Å². The van der Waals surface area contributed by atoms with Crippen LogP contribution in [0.3, 0.4) is 0 Å². The fourth-order valence-electron chi connectivity index (χ4n) is 2.24. The van der Waals surface area contributed by atoms with Crippen molar-refractivity contribution in [3.05, 3.63) is 34.4 Å². The molecule has 0 saturated carbocycles. The van der Waals surface area contributed by atoms with E-state index in [4.69, 9.17) is 0 Å². The summed E-state index contributed by atoms with van der Waals surface area (Å²) in [6.45, 7) is 6.08. The van der Waals surface area contributed by atoms with E-state index in [0.717, 1.165) is 45.7 Å². The number of hydrogen-bond acceptors (Lipinski definition) is 5. The Morgan fingerprint density at radius 2 is 2.05 bits per heavy atom. The molecule has 1 heterocycles. The van der Waals surface area contributed by atoms with Crippen LogP contribution in [0, 0.1) is 10.1 Å². The molecule has 0 aromatic heterocycles. The first kappa shape index (κ1) is 13.8. The molecule has 1 fully saturated rings. The van der Waals surface area contributed by atoms with E-state index in [9.17, 15) is 10.1 Å². The van der Waals surface area contributed by atoms with Crippen molar-refractivity contribution < 1.29 is 4.92 Å². The summed E-state index contributed by atoms with van der Waals surface area (Å²) in [5, 5.41) is 17.3. The first-order valence-corrected chi connectivity index (χ1v) is 6.68. The van der Waals surface area contributed by atoms with Crippen molar-refractivity contribution in [2.75, 3.05) is 44.6 Å². The Hall–Kier alpha value is -1.66. The summed E-state index contributed by atoms with van der Waals surface area (Å²) in [7, 11) is 0. The topological polar surface area (TPSA) is 70.4 Å². The van der Waals surface area contributed by atoms with Crippen LogP contribution in [0.25, 0.3) is 0 Å². The number of rotatable bonds is 6. The number of nitro groups is 1. The quantitative estimate of drug-likeness (QED) is 0.460. The van der Waals surface area contributed by atoms with E-state index in [2.05, 4.69) is 15.5 Å². The second kappa shape index (κ2) is 7.06. The Balaban J connectivity index is 1.74. The molecule has 0 atom stereocenters. The van der Waals surface area contributed by atoms with Crippen molar-refractivity contribution in [1.82, 2.24) is 10.2 Å². The number of benzene rings is 1. The molecule has 0 amide bonds. The number of nitrogens with zero attached hydrogens (tertiary/aromatic N) is 2. The minimum Gasteiger partial charge on any atom is -0.379 e. The summed E-state index contributed by atoms with van der Waals surface area (Å²) < 4.78 is 0. The van der Waals surface area contributed by atoms with Crippen molar-refractivity contribution in [1.29, 1.82) is 0 Å². The van der Waals surface area contributed by atoms with Crippen molar-refractivity contribution in [2.24, 2.45) is 0 Å². The van der Waals surface area contributed by atoms with Crippen LogP contribution in [-0.2, 0) is 0 Å². The number of nitro benzene ring substituents is 1. The third-order valence-electron chi connectivity index (χ3n) is 3.28. The summed E-state index contributed by atoms with van der Waals surface area (Å²) in [6.07, 6.45) is 0.992. The molecule has 6 heteroatoms. The van der Waals surface area contributed by atoms with E-state index < -0.39 is 0 Å². The van der Waals surface area contributed by atoms with Gasteiger partial charge in [-0.05, 0) is 19.0 Å². The van der Waals surface area contributed by atoms with Crippen molar-refractivity contribution in [3.8, 4) is 0 Å². The Kier molecular flexibility index (Phi) is 5.11. The summed E-state index contributed by atoms with van der Waals surface area (Å²) in [6, 6.07) is 6.78. The maximum absolute atomic E-state index is 10.9. The summed E-state index contributed by atoms with van der Waals surface area (Å²) >= 11 is 0. The maximum Gasteiger partial charge on any atom is 0.292 e. The lowest BCUT2D eigenvalue weighted by Crippen LogP contribution is -2.44. The number of nitrogens with one attached hydrogen (secondary N) is 2. The largest absolute Gasteiger partial charge is 0.379 e. The molecule has 0 unspecified atom stereocenters. The third kappa shape index (κ3) is 4.18. The highest BCUT2D eigenvalue weighted by Gasteiger charge is 2.12. The molecule has 104 valence electrons. The Bertz CT molecular complexity index is 419. The van der Waals surface area contributed by atoms with Gasteiger partial charge >= 0.3 is 0 Å². The minimum absolute atomic E-state index is 0.143. The third-order valence-corrected chi connectivity index (χ3v) is 3.28. The molecular weight excluding hydrogens is 244 g/mol. The number of anilines is 1. The lowest BCUT2D eigenvalue weighted by molar-refractivity contribution is -0.384. The van der Waals surface area contributed by atoms with E-state index in [1.54, 1.807) is 12.1 Å². The van der Waals surface area contributed by atoms with Gasteiger partial charge in [0.15, 0.2) is 0 Å². The van der Waals surface area contributed by atoms with E-state index in [1.165, 1.54) is 6.07 Å². The van der Waals surface area contributed by atoms with Gasteiger partial charge in [-0.1, -0.05) is 12.1 Å². The first-order valence-electron chi connectivity index (χ1n) is 6.68. The first-order chi connectivity index (χ1) is 9.27.